The molecule has 0 aromatic heterocycles. The third-order valence-corrected chi connectivity index (χ3v) is 4.66. The molecule has 1 saturated heterocycles. The highest BCUT2D eigenvalue weighted by atomic mass is 127. The molecule has 1 aliphatic heterocycles. The molecule has 1 atom stereocenters. The highest BCUT2D eigenvalue weighted by Gasteiger charge is 2.32. The van der Waals surface area contributed by atoms with E-state index in [1.165, 1.54) is 12.1 Å². The first-order valence-corrected chi connectivity index (χ1v) is 9.41. The van der Waals surface area contributed by atoms with Gasteiger partial charge in [-0.3, -0.25) is 9.79 Å². The largest absolute Gasteiger partial charge is 0.573 e. The van der Waals surface area contributed by atoms with Gasteiger partial charge >= 0.3 is 6.36 Å². The molecule has 1 aromatic rings. The summed E-state index contributed by atoms with van der Waals surface area (Å²) in [6.07, 6.45) is -1.56. The zero-order valence-electron chi connectivity index (χ0n) is 16.6. The predicted octanol–water partition coefficient (Wildman–Crippen LogP) is 3.66. The Labute approximate surface area is 186 Å². The highest BCUT2D eigenvalue weighted by molar-refractivity contribution is 14.0. The van der Waals surface area contributed by atoms with E-state index in [0.29, 0.717) is 24.5 Å². The van der Waals surface area contributed by atoms with E-state index in [2.05, 4.69) is 27.3 Å². The molecule has 0 aliphatic carbocycles. The van der Waals surface area contributed by atoms with Crippen molar-refractivity contribution in [2.24, 2.45) is 4.99 Å². The third-order valence-electron chi connectivity index (χ3n) is 4.66. The van der Waals surface area contributed by atoms with Crippen molar-refractivity contribution in [3.63, 3.8) is 0 Å². The van der Waals surface area contributed by atoms with Crippen LogP contribution >= 0.6 is 24.0 Å². The molecule has 6 nitrogen and oxygen atoms in total. The molecule has 1 heterocycles. The fourth-order valence-corrected chi connectivity index (χ4v) is 3.27. The van der Waals surface area contributed by atoms with Gasteiger partial charge in [0, 0.05) is 44.7 Å². The van der Waals surface area contributed by atoms with Gasteiger partial charge in [0.25, 0.3) is 0 Å². The molecule has 0 spiro atoms. The van der Waals surface area contributed by atoms with Crippen molar-refractivity contribution >= 4 is 35.8 Å². The lowest BCUT2D eigenvalue weighted by Gasteiger charge is -2.27. The average Bonchev–Trinajstić information content (AvgIpc) is 3.07. The maximum atomic E-state index is 12.5. The summed E-state index contributed by atoms with van der Waals surface area (Å²) in [4.78, 5) is 17.9. The number of likely N-dealkylation sites (tertiary alicyclic amines) is 1. The van der Waals surface area contributed by atoms with Gasteiger partial charge in [-0.15, -0.1) is 37.1 Å². The monoisotopic (exact) mass is 528 g/mol. The molecule has 0 saturated carbocycles. The van der Waals surface area contributed by atoms with E-state index in [4.69, 9.17) is 0 Å². The van der Waals surface area contributed by atoms with Crippen LogP contribution in [0.5, 0.6) is 5.75 Å². The second kappa shape index (κ2) is 12.1. The zero-order chi connectivity index (χ0) is 20.6. The topological polar surface area (TPSA) is 66.0 Å². The fourth-order valence-electron chi connectivity index (χ4n) is 3.27. The Hall–Kier alpha value is -1.72. The number of hydrogen-bond acceptors (Lipinski definition) is 3. The lowest BCUT2D eigenvalue weighted by Crippen LogP contribution is -2.41. The Bertz CT molecular complexity index is 686. The fraction of sp³-hybridized carbons (Fsp3) is 0.579. The van der Waals surface area contributed by atoms with Crippen LogP contribution in [-0.4, -0.2) is 49.3 Å². The summed E-state index contributed by atoms with van der Waals surface area (Å²) in [5.74, 6) is 0.441. The molecule has 1 amide bonds. The van der Waals surface area contributed by atoms with Gasteiger partial charge in [0.15, 0.2) is 5.96 Å². The van der Waals surface area contributed by atoms with E-state index in [0.717, 1.165) is 25.8 Å². The first-order chi connectivity index (χ1) is 13.3. The number of guanidine groups is 1. The highest BCUT2D eigenvalue weighted by Crippen LogP contribution is 2.26. The summed E-state index contributed by atoms with van der Waals surface area (Å²) in [6, 6.07) is 6.16. The minimum Gasteiger partial charge on any atom is -0.405 e. The number of hydrogen-bond donors (Lipinski definition) is 2. The average molecular weight is 528 g/mol. The zero-order valence-corrected chi connectivity index (χ0v) is 18.9. The van der Waals surface area contributed by atoms with E-state index in [1.807, 2.05) is 4.90 Å². The summed E-state index contributed by atoms with van der Waals surface area (Å²) in [5, 5.41) is 6.14. The molecule has 1 aromatic carbocycles. The molecule has 29 heavy (non-hydrogen) atoms. The molecular formula is C19H28F3IN4O2. The molecule has 0 radical (unpaired) electrons. The van der Waals surface area contributed by atoms with Crippen LogP contribution in [0, 0.1) is 0 Å². The first-order valence-electron chi connectivity index (χ1n) is 9.41. The Morgan fingerprint density at radius 3 is 2.62 bits per heavy atom. The van der Waals surface area contributed by atoms with Gasteiger partial charge < -0.3 is 20.3 Å². The summed E-state index contributed by atoms with van der Waals surface area (Å²) >= 11 is 0. The number of amides is 1. The number of aliphatic imine (C=N–C) groups is 1. The minimum atomic E-state index is -4.74. The van der Waals surface area contributed by atoms with Gasteiger partial charge in [0.1, 0.15) is 5.75 Å². The Morgan fingerprint density at radius 2 is 2.03 bits per heavy atom. The molecule has 164 valence electrons. The molecule has 1 fully saturated rings. The van der Waals surface area contributed by atoms with Crippen molar-refractivity contribution in [1.29, 1.82) is 0 Å². The standard InChI is InChI=1S/C19H27F3N4O2.HI/c1-3-15(26-12-6-9-17(26)27)10-11-24-18(23-2)25-13-14-7-4-5-8-16(14)28-19(20,21)22;/h4-5,7-8,15H,3,6,9-13H2,1-2H3,(H2,23,24,25);1H. The number of para-hydroxylation sites is 1. The maximum Gasteiger partial charge on any atom is 0.573 e. The molecular weight excluding hydrogens is 500 g/mol. The van der Waals surface area contributed by atoms with Gasteiger partial charge in [-0.1, -0.05) is 25.1 Å². The van der Waals surface area contributed by atoms with Crippen LogP contribution in [0.4, 0.5) is 13.2 Å². The second-order valence-corrected chi connectivity index (χ2v) is 6.55. The Balaban J connectivity index is 0.00000420. The number of ether oxygens (including phenoxy) is 1. The number of halogens is 4. The van der Waals surface area contributed by atoms with E-state index in [1.54, 1.807) is 19.2 Å². The predicted molar refractivity (Wildman–Crippen MR) is 116 cm³/mol. The SMILES string of the molecule is CCC(CCNC(=NC)NCc1ccccc1OC(F)(F)F)N1CCCC1=O.I. The van der Waals surface area contributed by atoms with Gasteiger partial charge in [0.2, 0.25) is 5.91 Å². The lowest BCUT2D eigenvalue weighted by molar-refractivity contribution is -0.274. The lowest BCUT2D eigenvalue weighted by atomic mass is 10.1. The number of rotatable bonds is 8. The minimum absolute atomic E-state index is 0. The van der Waals surface area contributed by atoms with Crippen LogP contribution in [-0.2, 0) is 11.3 Å². The quantitative estimate of drug-likeness (QED) is 0.307. The van der Waals surface area contributed by atoms with Gasteiger partial charge in [0.05, 0.1) is 0 Å². The second-order valence-electron chi connectivity index (χ2n) is 6.55. The molecule has 2 rings (SSSR count). The van der Waals surface area contributed by atoms with E-state index in [-0.39, 0.29) is 48.2 Å². The van der Waals surface area contributed by atoms with Crippen LogP contribution < -0.4 is 15.4 Å². The van der Waals surface area contributed by atoms with Gasteiger partial charge in [-0.05, 0) is 25.3 Å². The summed E-state index contributed by atoms with van der Waals surface area (Å²) in [7, 11) is 1.59. The van der Waals surface area contributed by atoms with Crippen molar-refractivity contribution in [1.82, 2.24) is 15.5 Å². The normalized spacial score (nSPS) is 15.7. The van der Waals surface area contributed by atoms with Gasteiger partial charge in [-0.25, -0.2) is 0 Å². The summed E-state index contributed by atoms with van der Waals surface area (Å²) in [6.45, 7) is 3.59. The first kappa shape index (κ1) is 25.3. The van der Waals surface area contributed by atoms with Crippen molar-refractivity contribution in [3.05, 3.63) is 29.8 Å². The van der Waals surface area contributed by atoms with Crippen molar-refractivity contribution in [2.45, 2.75) is 51.6 Å². The van der Waals surface area contributed by atoms with Crippen LogP contribution in [0.1, 0.15) is 38.2 Å². The van der Waals surface area contributed by atoms with Crippen molar-refractivity contribution in [3.8, 4) is 5.75 Å². The van der Waals surface area contributed by atoms with Crippen LogP contribution in [0.3, 0.4) is 0 Å². The van der Waals surface area contributed by atoms with Crippen molar-refractivity contribution in [2.75, 3.05) is 20.1 Å². The summed E-state index contributed by atoms with van der Waals surface area (Å²) < 4.78 is 41.6. The van der Waals surface area contributed by atoms with E-state index in [9.17, 15) is 18.0 Å². The number of nitrogens with zero attached hydrogens (tertiary/aromatic N) is 2. The van der Waals surface area contributed by atoms with Gasteiger partial charge in [-0.2, -0.15) is 0 Å². The van der Waals surface area contributed by atoms with E-state index < -0.39 is 6.36 Å². The Kier molecular flexibility index (Phi) is 10.5. The molecule has 1 unspecified atom stereocenters. The number of alkyl halides is 3. The number of carbonyl (C=O) groups excluding carboxylic acids is 1. The van der Waals surface area contributed by atoms with Crippen LogP contribution in [0.25, 0.3) is 0 Å². The summed E-state index contributed by atoms with van der Waals surface area (Å²) in [5.41, 5.74) is 0.372. The van der Waals surface area contributed by atoms with Crippen molar-refractivity contribution < 1.29 is 22.7 Å². The number of carbonyl (C=O) groups is 1. The molecule has 0 bridgehead atoms. The van der Waals surface area contributed by atoms with Crippen LogP contribution in [0.15, 0.2) is 29.3 Å². The molecule has 1 aliphatic rings. The smallest absolute Gasteiger partial charge is 0.405 e. The number of nitrogens with one attached hydrogen (secondary N) is 2. The number of benzene rings is 1. The maximum absolute atomic E-state index is 12.5. The van der Waals surface area contributed by atoms with Crippen LogP contribution in [0.2, 0.25) is 0 Å². The van der Waals surface area contributed by atoms with E-state index >= 15 is 0 Å². The Morgan fingerprint density at radius 1 is 1.31 bits per heavy atom. The molecule has 2 N–H and O–H groups in total. The third kappa shape index (κ3) is 8.27. The molecule has 10 heteroatoms.